The van der Waals surface area contributed by atoms with Gasteiger partial charge in [0.05, 0.1) is 12.2 Å². The summed E-state index contributed by atoms with van der Waals surface area (Å²) in [6, 6.07) is 7.69. The lowest BCUT2D eigenvalue weighted by Crippen LogP contribution is -2.13. The zero-order chi connectivity index (χ0) is 18.2. The van der Waals surface area contributed by atoms with Crippen molar-refractivity contribution in [1.82, 2.24) is 0 Å². The maximum Gasteiger partial charge on any atom is 0.338 e. The fourth-order valence-corrected chi connectivity index (χ4v) is 2.92. The first-order valence-electron chi connectivity index (χ1n) is 10.1. The first-order chi connectivity index (χ1) is 12.3. The molecule has 25 heavy (non-hydrogen) atoms. The van der Waals surface area contributed by atoms with Crippen LogP contribution in [0.4, 0.5) is 0 Å². The van der Waals surface area contributed by atoms with E-state index in [1.165, 1.54) is 44.9 Å². The molecule has 1 rings (SSSR count). The van der Waals surface area contributed by atoms with Gasteiger partial charge in [-0.3, -0.25) is 0 Å². The van der Waals surface area contributed by atoms with Crippen LogP contribution in [0.15, 0.2) is 24.3 Å². The molecule has 0 radical (unpaired) electrons. The van der Waals surface area contributed by atoms with Crippen molar-refractivity contribution < 1.29 is 14.3 Å². The van der Waals surface area contributed by atoms with E-state index in [0.717, 1.165) is 31.4 Å². The van der Waals surface area contributed by atoms with Gasteiger partial charge in [-0.25, -0.2) is 4.79 Å². The van der Waals surface area contributed by atoms with E-state index in [0.29, 0.717) is 18.8 Å². The normalized spacial score (nSPS) is 10.8. The van der Waals surface area contributed by atoms with Gasteiger partial charge in [-0.05, 0) is 24.5 Å². The summed E-state index contributed by atoms with van der Waals surface area (Å²) in [7, 11) is 0. The topological polar surface area (TPSA) is 35.5 Å². The van der Waals surface area contributed by atoms with Crippen LogP contribution in [-0.2, 0) is 15.9 Å². The van der Waals surface area contributed by atoms with E-state index in [1.54, 1.807) is 0 Å². The Hall–Kier alpha value is -1.35. The quantitative estimate of drug-likeness (QED) is 0.290. The molecule has 0 heterocycles. The molecule has 1 aromatic carbocycles. The zero-order valence-corrected chi connectivity index (χ0v) is 16.2. The van der Waals surface area contributed by atoms with Gasteiger partial charge in [-0.15, -0.1) is 0 Å². The number of hydrogen-bond donors (Lipinski definition) is 0. The number of esters is 1. The predicted molar refractivity (Wildman–Crippen MR) is 104 cm³/mol. The maximum atomic E-state index is 12.1. The monoisotopic (exact) mass is 348 g/mol. The van der Waals surface area contributed by atoms with Crippen molar-refractivity contribution in [3.05, 3.63) is 35.4 Å². The Kier molecular flexibility index (Phi) is 13.0. The molecule has 0 aliphatic heterocycles. The second kappa shape index (κ2) is 14.9. The fraction of sp³-hybridized carbons (Fsp3) is 0.682. The number of unbranched alkanes of at least 4 members (excludes halogenated alkanes) is 7. The predicted octanol–water partition coefficient (Wildman–Crippen LogP) is 5.95. The van der Waals surface area contributed by atoms with E-state index in [2.05, 4.69) is 13.8 Å². The first kappa shape index (κ1) is 21.7. The Morgan fingerprint density at radius 3 is 2.20 bits per heavy atom. The average molecular weight is 349 g/mol. The van der Waals surface area contributed by atoms with Crippen LogP contribution in [0.1, 0.15) is 87.6 Å². The lowest BCUT2D eigenvalue weighted by molar-refractivity contribution is 0.0311. The highest BCUT2D eigenvalue weighted by Gasteiger charge is 2.11. The molecule has 0 fully saturated rings. The smallest absolute Gasteiger partial charge is 0.338 e. The summed E-state index contributed by atoms with van der Waals surface area (Å²) in [5.74, 6) is -0.236. The third kappa shape index (κ3) is 10.3. The minimum atomic E-state index is -0.236. The second-order valence-electron chi connectivity index (χ2n) is 6.63. The molecule has 3 heteroatoms. The van der Waals surface area contributed by atoms with Gasteiger partial charge in [-0.1, -0.05) is 83.4 Å². The van der Waals surface area contributed by atoms with Crippen LogP contribution in [0.5, 0.6) is 0 Å². The van der Waals surface area contributed by atoms with Gasteiger partial charge in [0.15, 0.2) is 0 Å². The van der Waals surface area contributed by atoms with Crippen LogP contribution in [0.25, 0.3) is 0 Å². The van der Waals surface area contributed by atoms with E-state index in [9.17, 15) is 4.79 Å². The van der Waals surface area contributed by atoms with Gasteiger partial charge in [0.25, 0.3) is 0 Å². The Balaban J connectivity index is 2.02. The third-order valence-corrected chi connectivity index (χ3v) is 4.36. The van der Waals surface area contributed by atoms with Crippen molar-refractivity contribution in [1.29, 1.82) is 0 Å². The highest BCUT2D eigenvalue weighted by atomic mass is 16.6. The zero-order valence-electron chi connectivity index (χ0n) is 16.2. The Morgan fingerprint density at radius 2 is 1.48 bits per heavy atom. The van der Waals surface area contributed by atoms with E-state index in [4.69, 9.17) is 9.47 Å². The molecule has 1 aromatic rings. The molecular weight excluding hydrogens is 312 g/mol. The number of benzene rings is 1. The summed E-state index contributed by atoms with van der Waals surface area (Å²) in [6.07, 6.45) is 12.3. The van der Waals surface area contributed by atoms with Crippen LogP contribution >= 0.6 is 0 Å². The molecule has 0 amide bonds. The highest BCUT2D eigenvalue weighted by molar-refractivity contribution is 5.91. The Morgan fingerprint density at radius 1 is 0.800 bits per heavy atom. The molecule has 3 nitrogen and oxygen atoms in total. The van der Waals surface area contributed by atoms with E-state index < -0.39 is 0 Å². The average Bonchev–Trinajstić information content (AvgIpc) is 2.63. The van der Waals surface area contributed by atoms with Gasteiger partial charge in [0, 0.05) is 6.61 Å². The minimum Gasteiger partial charge on any atom is -0.460 e. The molecule has 0 saturated carbocycles. The second-order valence-corrected chi connectivity index (χ2v) is 6.63. The summed E-state index contributed by atoms with van der Waals surface area (Å²) >= 11 is 0. The fourth-order valence-electron chi connectivity index (χ4n) is 2.92. The van der Waals surface area contributed by atoms with Gasteiger partial charge < -0.3 is 9.47 Å². The summed E-state index contributed by atoms with van der Waals surface area (Å²) in [5, 5.41) is 0. The van der Waals surface area contributed by atoms with Gasteiger partial charge in [-0.2, -0.15) is 0 Å². The number of hydrogen-bond acceptors (Lipinski definition) is 3. The van der Waals surface area contributed by atoms with Crippen molar-refractivity contribution in [2.75, 3.05) is 19.8 Å². The molecule has 0 aromatic heterocycles. The summed E-state index contributed by atoms with van der Waals surface area (Å²) in [6.45, 7) is 5.94. The number of carbonyl (C=O) groups excluding carboxylic acids is 1. The minimum absolute atomic E-state index is 0.236. The highest BCUT2D eigenvalue weighted by Crippen LogP contribution is 2.12. The number of aryl methyl sites for hydroxylation is 1. The summed E-state index contributed by atoms with van der Waals surface area (Å²) < 4.78 is 10.9. The van der Waals surface area contributed by atoms with Crippen molar-refractivity contribution >= 4 is 5.97 Å². The van der Waals surface area contributed by atoms with Crippen LogP contribution in [0.2, 0.25) is 0 Å². The molecule has 0 aliphatic rings. The molecule has 0 unspecified atom stereocenters. The van der Waals surface area contributed by atoms with Crippen LogP contribution < -0.4 is 0 Å². The molecular formula is C22H36O3. The van der Waals surface area contributed by atoms with Crippen molar-refractivity contribution in [3.8, 4) is 0 Å². The number of ether oxygens (including phenoxy) is 2. The van der Waals surface area contributed by atoms with Crippen molar-refractivity contribution in [2.24, 2.45) is 0 Å². The molecule has 0 atom stereocenters. The summed E-state index contributed by atoms with van der Waals surface area (Å²) in [4.78, 5) is 12.1. The molecule has 0 aliphatic carbocycles. The lowest BCUT2D eigenvalue weighted by Gasteiger charge is -2.09. The Labute approximate surface area is 154 Å². The standard InChI is InChI=1S/C22H36O3/c1-3-5-6-7-8-9-10-13-17-24-18-19-25-22(23)21-16-12-11-15-20(21)14-4-2/h11-12,15-16H,3-10,13-14,17-19H2,1-2H3. The third-order valence-electron chi connectivity index (χ3n) is 4.36. The number of carbonyl (C=O) groups is 1. The first-order valence-corrected chi connectivity index (χ1v) is 10.1. The van der Waals surface area contributed by atoms with E-state index in [-0.39, 0.29) is 5.97 Å². The molecule has 142 valence electrons. The molecule has 0 spiro atoms. The van der Waals surface area contributed by atoms with Gasteiger partial charge in [0.1, 0.15) is 6.61 Å². The van der Waals surface area contributed by atoms with Crippen molar-refractivity contribution in [3.63, 3.8) is 0 Å². The Bertz CT molecular complexity index is 456. The van der Waals surface area contributed by atoms with Crippen LogP contribution in [0.3, 0.4) is 0 Å². The molecule has 0 saturated heterocycles. The number of rotatable bonds is 15. The van der Waals surface area contributed by atoms with Crippen molar-refractivity contribution in [2.45, 2.75) is 78.1 Å². The largest absolute Gasteiger partial charge is 0.460 e. The lowest BCUT2D eigenvalue weighted by atomic mass is 10.0. The van der Waals surface area contributed by atoms with E-state index >= 15 is 0 Å². The van der Waals surface area contributed by atoms with Gasteiger partial charge in [0.2, 0.25) is 0 Å². The van der Waals surface area contributed by atoms with Gasteiger partial charge >= 0.3 is 5.97 Å². The molecule has 0 N–H and O–H groups in total. The summed E-state index contributed by atoms with van der Waals surface area (Å²) in [5.41, 5.74) is 1.75. The van der Waals surface area contributed by atoms with Crippen LogP contribution in [0, 0.1) is 0 Å². The maximum absolute atomic E-state index is 12.1. The van der Waals surface area contributed by atoms with E-state index in [1.807, 2.05) is 24.3 Å². The SMILES string of the molecule is CCCCCCCCCCOCCOC(=O)c1ccccc1CCC. The molecule has 0 bridgehead atoms. The van der Waals surface area contributed by atoms with Crippen LogP contribution in [-0.4, -0.2) is 25.8 Å².